The van der Waals surface area contributed by atoms with Crippen molar-refractivity contribution in [2.75, 3.05) is 20.3 Å². The molecule has 0 atom stereocenters. The number of nitrogens with one attached hydrogen (secondary N) is 1. The molecule has 0 spiro atoms. The van der Waals surface area contributed by atoms with Crippen LogP contribution in [-0.4, -0.2) is 26.2 Å². The summed E-state index contributed by atoms with van der Waals surface area (Å²) >= 11 is 0. The van der Waals surface area contributed by atoms with Gasteiger partial charge in [0.05, 0.1) is 13.7 Å². The van der Waals surface area contributed by atoms with Crippen molar-refractivity contribution in [1.29, 1.82) is 0 Å². The Hall–Kier alpha value is -2.19. The first-order valence-corrected chi connectivity index (χ1v) is 5.39. The molecular formula is C13H16N2O3. The minimum absolute atomic E-state index is 0.176. The number of terminal acetylenes is 1. The standard InChI is InChI=1S/C13H16N2O3/c1-3-6-15-8-10-4-5-11(12(7-10)17-2)18-9-13(14)16/h1,4-5,7,15H,6,8-9H2,2H3,(H2,14,16). The second-order valence-corrected chi connectivity index (χ2v) is 3.55. The predicted molar refractivity (Wildman–Crippen MR) is 68.2 cm³/mol. The topological polar surface area (TPSA) is 73.6 Å². The molecule has 96 valence electrons. The SMILES string of the molecule is C#CCNCc1ccc(OCC(N)=O)c(OC)c1. The minimum atomic E-state index is -0.531. The van der Waals surface area contributed by atoms with Gasteiger partial charge in [0.15, 0.2) is 18.1 Å². The van der Waals surface area contributed by atoms with Gasteiger partial charge in [0.1, 0.15) is 0 Å². The molecular weight excluding hydrogens is 232 g/mol. The highest BCUT2D eigenvalue weighted by molar-refractivity contribution is 5.75. The Balaban J connectivity index is 2.70. The number of rotatable bonds is 7. The van der Waals surface area contributed by atoms with Crippen molar-refractivity contribution in [3.63, 3.8) is 0 Å². The molecule has 1 aromatic rings. The summed E-state index contributed by atoms with van der Waals surface area (Å²) in [5.74, 6) is 3.00. The molecule has 0 fully saturated rings. The third-order valence-corrected chi connectivity index (χ3v) is 2.15. The second kappa shape index (κ2) is 7.20. The molecule has 0 aliphatic heterocycles. The fraction of sp³-hybridized carbons (Fsp3) is 0.308. The lowest BCUT2D eigenvalue weighted by atomic mass is 10.2. The zero-order valence-electron chi connectivity index (χ0n) is 10.2. The minimum Gasteiger partial charge on any atom is -0.493 e. The van der Waals surface area contributed by atoms with E-state index in [1.165, 1.54) is 7.11 Å². The van der Waals surface area contributed by atoms with Crippen LogP contribution in [0.2, 0.25) is 0 Å². The molecule has 0 unspecified atom stereocenters. The maximum absolute atomic E-state index is 10.6. The first-order valence-electron chi connectivity index (χ1n) is 5.39. The number of nitrogens with two attached hydrogens (primary N) is 1. The lowest BCUT2D eigenvalue weighted by Crippen LogP contribution is -2.20. The van der Waals surface area contributed by atoms with Gasteiger partial charge in [-0.3, -0.25) is 4.79 Å². The van der Waals surface area contributed by atoms with E-state index in [0.717, 1.165) is 5.56 Å². The Labute approximate surface area is 106 Å². The average Bonchev–Trinajstić information content (AvgIpc) is 2.37. The number of benzene rings is 1. The maximum atomic E-state index is 10.6. The number of carbonyl (C=O) groups excluding carboxylic acids is 1. The number of hydrogen-bond acceptors (Lipinski definition) is 4. The molecule has 0 aliphatic carbocycles. The van der Waals surface area contributed by atoms with Crippen LogP contribution in [0.5, 0.6) is 11.5 Å². The van der Waals surface area contributed by atoms with Crippen LogP contribution in [0, 0.1) is 12.3 Å². The van der Waals surface area contributed by atoms with Crippen LogP contribution in [0.25, 0.3) is 0 Å². The molecule has 5 heteroatoms. The van der Waals surface area contributed by atoms with E-state index in [-0.39, 0.29) is 6.61 Å². The molecule has 5 nitrogen and oxygen atoms in total. The number of primary amides is 1. The van der Waals surface area contributed by atoms with Gasteiger partial charge in [-0.1, -0.05) is 12.0 Å². The molecule has 1 aromatic carbocycles. The van der Waals surface area contributed by atoms with E-state index in [4.69, 9.17) is 21.6 Å². The Morgan fingerprint density at radius 2 is 2.28 bits per heavy atom. The van der Waals surface area contributed by atoms with Gasteiger partial charge in [-0.05, 0) is 17.7 Å². The Morgan fingerprint density at radius 3 is 2.89 bits per heavy atom. The van der Waals surface area contributed by atoms with E-state index < -0.39 is 5.91 Å². The molecule has 3 N–H and O–H groups in total. The first kappa shape index (κ1) is 13.9. The van der Waals surface area contributed by atoms with Gasteiger partial charge < -0.3 is 20.5 Å². The maximum Gasteiger partial charge on any atom is 0.255 e. The molecule has 0 saturated heterocycles. The van der Waals surface area contributed by atoms with Crippen LogP contribution in [0.4, 0.5) is 0 Å². The van der Waals surface area contributed by atoms with Crippen molar-refractivity contribution >= 4 is 5.91 Å². The quantitative estimate of drug-likeness (QED) is 0.537. The van der Waals surface area contributed by atoms with E-state index in [1.807, 2.05) is 12.1 Å². The zero-order valence-corrected chi connectivity index (χ0v) is 10.2. The summed E-state index contributed by atoms with van der Waals surface area (Å²) in [4.78, 5) is 10.6. The van der Waals surface area contributed by atoms with E-state index in [0.29, 0.717) is 24.6 Å². The monoisotopic (exact) mass is 248 g/mol. The normalized spacial score (nSPS) is 9.56. The second-order valence-electron chi connectivity index (χ2n) is 3.55. The molecule has 0 heterocycles. The Kier molecular flexibility index (Phi) is 5.55. The smallest absolute Gasteiger partial charge is 0.255 e. The Bertz CT molecular complexity index is 452. The molecule has 0 aromatic heterocycles. The van der Waals surface area contributed by atoms with Crippen LogP contribution in [0.3, 0.4) is 0 Å². The molecule has 1 rings (SSSR count). The van der Waals surface area contributed by atoms with Crippen molar-refractivity contribution in [3.8, 4) is 23.8 Å². The van der Waals surface area contributed by atoms with E-state index >= 15 is 0 Å². The van der Waals surface area contributed by atoms with Gasteiger partial charge in [0.2, 0.25) is 0 Å². The summed E-state index contributed by atoms with van der Waals surface area (Å²) < 4.78 is 10.4. The summed E-state index contributed by atoms with van der Waals surface area (Å²) in [6, 6.07) is 5.41. The lowest BCUT2D eigenvalue weighted by molar-refractivity contribution is -0.119. The summed E-state index contributed by atoms with van der Waals surface area (Å²) in [6.07, 6.45) is 5.14. The summed E-state index contributed by atoms with van der Waals surface area (Å²) in [5.41, 5.74) is 6.02. The number of carbonyl (C=O) groups is 1. The fourth-order valence-corrected chi connectivity index (χ4v) is 1.37. The van der Waals surface area contributed by atoms with Crippen LogP contribution in [-0.2, 0) is 11.3 Å². The molecule has 0 saturated carbocycles. The van der Waals surface area contributed by atoms with Gasteiger partial charge in [0.25, 0.3) is 5.91 Å². The molecule has 0 bridgehead atoms. The van der Waals surface area contributed by atoms with Gasteiger partial charge in [-0.15, -0.1) is 6.42 Å². The van der Waals surface area contributed by atoms with E-state index in [2.05, 4.69) is 11.2 Å². The van der Waals surface area contributed by atoms with Gasteiger partial charge in [-0.25, -0.2) is 0 Å². The highest BCUT2D eigenvalue weighted by Crippen LogP contribution is 2.27. The van der Waals surface area contributed by atoms with Crippen LogP contribution >= 0.6 is 0 Å². The van der Waals surface area contributed by atoms with E-state index in [9.17, 15) is 4.79 Å². The zero-order chi connectivity index (χ0) is 13.4. The van der Waals surface area contributed by atoms with Crippen molar-refractivity contribution in [1.82, 2.24) is 5.32 Å². The summed E-state index contributed by atoms with van der Waals surface area (Å²) in [6.45, 7) is 0.962. The van der Waals surface area contributed by atoms with Gasteiger partial charge >= 0.3 is 0 Å². The van der Waals surface area contributed by atoms with Crippen molar-refractivity contribution in [3.05, 3.63) is 23.8 Å². The van der Waals surface area contributed by atoms with Crippen LogP contribution in [0.1, 0.15) is 5.56 Å². The average molecular weight is 248 g/mol. The summed E-state index contributed by atoms with van der Waals surface area (Å²) in [5, 5.41) is 3.07. The highest BCUT2D eigenvalue weighted by Gasteiger charge is 2.06. The van der Waals surface area contributed by atoms with Gasteiger partial charge in [-0.2, -0.15) is 0 Å². The van der Waals surface area contributed by atoms with Crippen molar-refractivity contribution in [2.45, 2.75) is 6.54 Å². The molecule has 0 aliphatic rings. The summed E-state index contributed by atoms with van der Waals surface area (Å²) in [7, 11) is 1.53. The predicted octanol–water partition coefficient (Wildman–Crippen LogP) is 0.282. The third kappa shape index (κ3) is 4.36. The first-order chi connectivity index (χ1) is 8.67. The number of amides is 1. The number of ether oxygens (including phenoxy) is 2. The fourth-order valence-electron chi connectivity index (χ4n) is 1.37. The molecule has 18 heavy (non-hydrogen) atoms. The van der Waals surface area contributed by atoms with E-state index in [1.54, 1.807) is 6.07 Å². The Morgan fingerprint density at radius 1 is 1.50 bits per heavy atom. The van der Waals surface area contributed by atoms with Crippen LogP contribution < -0.4 is 20.5 Å². The molecule has 0 radical (unpaired) electrons. The number of hydrogen-bond donors (Lipinski definition) is 2. The number of methoxy groups -OCH3 is 1. The lowest BCUT2D eigenvalue weighted by Gasteiger charge is -2.11. The van der Waals surface area contributed by atoms with Crippen LogP contribution in [0.15, 0.2) is 18.2 Å². The third-order valence-electron chi connectivity index (χ3n) is 2.15. The highest BCUT2D eigenvalue weighted by atomic mass is 16.5. The van der Waals surface area contributed by atoms with Gasteiger partial charge in [0, 0.05) is 6.54 Å². The largest absolute Gasteiger partial charge is 0.493 e. The van der Waals surface area contributed by atoms with Crippen molar-refractivity contribution < 1.29 is 14.3 Å². The van der Waals surface area contributed by atoms with Crippen molar-refractivity contribution in [2.24, 2.45) is 5.73 Å². The molecule has 1 amide bonds.